The molecule has 0 spiro atoms. The highest BCUT2D eigenvalue weighted by atomic mass is 16.5. The molecule has 0 radical (unpaired) electrons. The molecule has 3 aromatic rings. The number of likely N-dealkylation sites (tertiary alicyclic amines) is 1. The molecule has 2 heterocycles. The molecule has 3 N–H and O–H groups in total. The lowest BCUT2D eigenvalue weighted by Gasteiger charge is -2.30. The molecule has 0 unspecified atom stereocenters. The van der Waals surface area contributed by atoms with Crippen molar-refractivity contribution in [3.8, 4) is 28.6 Å². The van der Waals surface area contributed by atoms with Gasteiger partial charge in [-0.1, -0.05) is 26.0 Å². The lowest BCUT2D eigenvalue weighted by Crippen LogP contribution is -2.36. The Hall–Kier alpha value is -3.92. The van der Waals surface area contributed by atoms with Crippen molar-refractivity contribution in [2.45, 2.75) is 53.0 Å². The number of nitrogens with zero attached hydrogens (tertiary/aromatic N) is 4. The first-order valence-corrected chi connectivity index (χ1v) is 13.5. The Labute approximate surface area is 228 Å². The van der Waals surface area contributed by atoms with E-state index in [0.717, 1.165) is 38.0 Å². The van der Waals surface area contributed by atoms with Crippen LogP contribution in [-0.2, 0) is 16.1 Å². The summed E-state index contributed by atoms with van der Waals surface area (Å²) in [5.41, 5.74) is 2.78. The summed E-state index contributed by atoms with van der Waals surface area (Å²) in [5, 5.41) is 32.2. The predicted octanol–water partition coefficient (Wildman–Crippen LogP) is 3.99. The van der Waals surface area contributed by atoms with Gasteiger partial charge in [-0.2, -0.15) is 0 Å². The molecule has 0 atom stereocenters. The number of hydrogen-bond acceptors (Lipinski definition) is 8. The standard InChI is InChI=1S/C29H37N5O5/c1-5-30-28(37)27-32-31-26(23-15-22(18(3)4)24(35)16-25(23)36)34(27)21-9-7-19(8-10-21)17-33-13-11-20(12-14-33)29(38)39-6-2/h7-10,15-16,18,20,35-36H,5-6,11-14,17H2,1-4H3,(H,30,37). The van der Waals surface area contributed by atoms with E-state index in [-0.39, 0.29) is 41.0 Å². The van der Waals surface area contributed by atoms with Crippen LogP contribution < -0.4 is 5.32 Å². The van der Waals surface area contributed by atoms with Crippen molar-refractivity contribution in [3.63, 3.8) is 0 Å². The van der Waals surface area contributed by atoms with Crippen LogP contribution in [0.1, 0.15) is 68.2 Å². The number of phenolic OH excluding ortho intramolecular Hbond substituents is 2. The number of benzene rings is 2. The van der Waals surface area contributed by atoms with Gasteiger partial charge in [-0.05, 0) is 75.0 Å². The Morgan fingerprint density at radius 1 is 1.05 bits per heavy atom. The molecule has 0 saturated carbocycles. The fourth-order valence-electron chi connectivity index (χ4n) is 4.92. The molecule has 10 heteroatoms. The quantitative estimate of drug-likeness (QED) is 0.351. The smallest absolute Gasteiger partial charge is 0.309 e. The highest BCUT2D eigenvalue weighted by molar-refractivity contribution is 5.92. The van der Waals surface area contributed by atoms with Gasteiger partial charge in [0.15, 0.2) is 5.82 Å². The number of carbonyl (C=O) groups excluding carboxylic acids is 2. The van der Waals surface area contributed by atoms with Gasteiger partial charge in [-0.3, -0.25) is 19.1 Å². The largest absolute Gasteiger partial charge is 0.508 e. The highest BCUT2D eigenvalue weighted by Gasteiger charge is 2.27. The molecular weight excluding hydrogens is 498 g/mol. The number of aromatic hydroxyl groups is 2. The lowest BCUT2D eigenvalue weighted by molar-refractivity contribution is -0.149. The second-order valence-corrected chi connectivity index (χ2v) is 10.1. The van der Waals surface area contributed by atoms with Crippen LogP contribution in [0.25, 0.3) is 17.1 Å². The molecular formula is C29H37N5O5. The number of amides is 1. The molecule has 2 aromatic carbocycles. The Balaban J connectivity index is 1.61. The van der Waals surface area contributed by atoms with Crippen LogP contribution >= 0.6 is 0 Å². The maximum atomic E-state index is 12.9. The summed E-state index contributed by atoms with van der Waals surface area (Å²) in [6.07, 6.45) is 1.57. The normalized spacial score (nSPS) is 14.5. The van der Waals surface area contributed by atoms with Gasteiger partial charge < -0.3 is 20.3 Å². The van der Waals surface area contributed by atoms with Crippen molar-refractivity contribution >= 4 is 11.9 Å². The van der Waals surface area contributed by atoms with Gasteiger partial charge in [0, 0.05) is 24.8 Å². The van der Waals surface area contributed by atoms with E-state index in [0.29, 0.717) is 35.8 Å². The fraction of sp³-hybridized carbons (Fsp3) is 0.448. The first kappa shape index (κ1) is 28.1. The molecule has 4 rings (SSSR count). The molecule has 0 aliphatic carbocycles. The van der Waals surface area contributed by atoms with Crippen molar-refractivity contribution in [1.82, 2.24) is 25.0 Å². The minimum absolute atomic E-state index is 0.00286. The van der Waals surface area contributed by atoms with Crippen molar-refractivity contribution in [2.75, 3.05) is 26.2 Å². The molecule has 0 bridgehead atoms. The van der Waals surface area contributed by atoms with Gasteiger partial charge in [-0.25, -0.2) is 0 Å². The summed E-state index contributed by atoms with van der Waals surface area (Å²) in [6.45, 7) is 10.8. The summed E-state index contributed by atoms with van der Waals surface area (Å²) < 4.78 is 6.79. The number of ether oxygens (including phenoxy) is 1. The zero-order valence-electron chi connectivity index (χ0n) is 23.0. The minimum atomic E-state index is -0.382. The van der Waals surface area contributed by atoms with E-state index in [4.69, 9.17) is 4.74 Å². The maximum Gasteiger partial charge on any atom is 0.309 e. The van der Waals surface area contributed by atoms with E-state index >= 15 is 0 Å². The molecule has 1 aliphatic heterocycles. The Bertz CT molecular complexity index is 1310. The number of nitrogens with one attached hydrogen (secondary N) is 1. The molecule has 1 aromatic heterocycles. The summed E-state index contributed by atoms with van der Waals surface area (Å²) >= 11 is 0. The Kier molecular flexibility index (Phi) is 8.86. The van der Waals surface area contributed by atoms with Crippen molar-refractivity contribution in [3.05, 3.63) is 53.3 Å². The van der Waals surface area contributed by atoms with Gasteiger partial charge >= 0.3 is 5.97 Å². The zero-order valence-corrected chi connectivity index (χ0v) is 23.0. The van der Waals surface area contributed by atoms with Gasteiger partial charge in [0.05, 0.1) is 18.1 Å². The number of hydrogen-bond donors (Lipinski definition) is 3. The van der Waals surface area contributed by atoms with Crippen LogP contribution in [0.2, 0.25) is 0 Å². The number of esters is 1. The van der Waals surface area contributed by atoms with E-state index < -0.39 is 0 Å². The third-order valence-electron chi connectivity index (χ3n) is 7.02. The topological polar surface area (TPSA) is 130 Å². The highest BCUT2D eigenvalue weighted by Crippen LogP contribution is 2.38. The Morgan fingerprint density at radius 2 is 1.74 bits per heavy atom. The SMILES string of the molecule is CCNC(=O)c1nnc(-c2cc(C(C)C)c(O)cc2O)n1-c1ccc(CN2CCC(C(=O)OCC)CC2)cc1. The summed E-state index contributed by atoms with van der Waals surface area (Å²) in [6, 6.07) is 10.8. The van der Waals surface area contributed by atoms with E-state index in [1.165, 1.54) is 6.07 Å². The number of rotatable bonds is 9. The average Bonchev–Trinajstić information content (AvgIpc) is 3.35. The maximum absolute atomic E-state index is 12.9. The van der Waals surface area contributed by atoms with Crippen LogP contribution in [0.4, 0.5) is 0 Å². The van der Waals surface area contributed by atoms with Crippen LogP contribution in [-0.4, -0.2) is 68.0 Å². The number of carbonyl (C=O) groups is 2. The number of piperidine rings is 1. The van der Waals surface area contributed by atoms with Gasteiger partial charge in [-0.15, -0.1) is 10.2 Å². The minimum Gasteiger partial charge on any atom is -0.508 e. The summed E-state index contributed by atoms with van der Waals surface area (Å²) in [7, 11) is 0. The lowest BCUT2D eigenvalue weighted by atomic mass is 9.96. The number of aromatic nitrogens is 3. The number of phenols is 2. The average molecular weight is 536 g/mol. The predicted molar refractivity (Wildman–Crippen MR) is 147 cm³/mol. The zero-order chi connectivity index (χ0) is 28.1. The molecule has 1 amide bonds. The molecule has 208 valence electrons. The summed E-state index contributed by atoms with van der Waals surface area (Å²) in [4.78, 5) is 27.2. The molecule has 39 heavy (non-hydrogen) atoms. The van der Waals surface area contributed by atoms with Crippen LogP contribution in [0.15, 0.2) is 36.4 Å². The van der Waals surface area contributed by atoms with E-state index in [2.05, 4.69) is 20.4 Å². The van der Waals surface area contributed by atoms with Gasteiger partial charge in [0.2, 0.25) is 5.82 Å². The molecule has 1 aliphatic rings. The monoisotopic (exact) mass is 535 g/mol. The molecule has 1 fully saturated rings. The second kappa shape index (κ2) is 12.3. The second-order valence-electron chi connectivity index (χ2n) is 10.1. The molecule has 10 nitrogen and oxygen atoms in total. The fourth-order valence-corrected chi connectivity index (χ4v) is 4.92. The first-order valence-electron chi connectivity index (χ1n) is 13.5. The van der Waals surface area contributed by atoms with E-state index in [9.17, 15) is 19.8 Å². The van der Waals surface area contributed by atoms with Crippen molar-refractivity contribution in [1.29, 1.82) is 0 Å². The van der Waals surface area contributed by atoms with Crippen LogP contribution in [0.5, 0.6) is 11.5 Å². The van der Waals surface area contributed by atoms with E-state index in [1.807, 2.05) is 52.0 Å². The van der Waals surface area contributed by atoms with Crippen LogP contribution in [0, 0.1) is 5.92 Å². The first-order chi connectivity index (χ1) is 18.7. The van der Waals surface area contributed by atoms with Crippen LogP contribution in [0.3, 0.4) is 0 Å². The molecule has 1 saturated heterocycles. The third kappa shape index (κ3) is 6.22. The Morgan fingerprint density at radius 3 is 2.36 bits per heavy atom. The third-order valence-corrected chi connectivity index (χ3v) is 7.02. The summed E-state index contributed by atoms with van der Waals surface area (Å²) in [5.74, 6) is -0.279. The van der Waals surface area contributed by atoms with Gasteiger partial charge in [0.1, 0.15) is 11.5 Å². The van der Waals surface area contributed by atoms with Crippen molar-refractivity contribution < 1.29 is 24.5 Å². The van der Waals surface area contributed by atoms with Gasteiger partial charge in [0.25, 0.3) is 5.91 Å². The van der Waals surface area contributed by atoms with Crippen molar-refractivity contribution in [2.24, 2.45) is 5.92 Å². The van der Waals surface area contributed by atoms with E-state index in [1.54, 1.807) is 10.6 Å².